The molecule has 0 aromatic rings. The van der Waals surface area contributed by atoms with Crippen LogP contribution in [0.3, 0.4) is 0 Å². The minimum atomic E-state index is -0.839. The molecule has 1 heterocycles. The monoisotopic (exact) mass is 160 g/mol. The van der Waals surface area contributed by atoms with Gasteiger partial charge in [-0.15, -0.1) is 0 Å². The maximum Gasteiger partial charge on any atom is 0.129 e. The van der Waals surface area contributed by atoms with E-state index in [0.717, 1.165) is 0 Å². The van der Waals surface area contributed by atoms with Crippen LogP contribution in [0, 0.1) is 0 Å². The fourth-order valence-electron chi connectivity index (χ4n) is 1.34. The molecule has 2 nitrogen and oxygen atoms in total. The Morgan fingerprint density at radius 1 is 1.36 bits per heavy atom. The molecule has 1 fully saturated rings. The minimum absolute atomic E-state index is 0.0540. The Morgan fingerprint density at radius 2 is 1.91 bits per heavy atom. The van der Waals surface area contributed by atoms with Crippen molar-refractivity contribution in [2.75, 3.05) is 13.1 Å². The molecule has 2 N–H and O–H groups in total. The maximum absolute atomic E-state index is 12.9. The largest absolute Gasteiger partial charge is 0.324 e. The van der Waals surface area contributed by atoms with Crippen molar-refractivity contribution < 1.29 is 4.39 Å². The van der Waals surface area contributed by atoms with E-state index in [1.54, 1.807) is 0 Å². The van der Waals surface area contributed by atoms with Gasteiger partial charge in [-0.2, -0.15) is 0 Å². The molecule has 1 aliphatic rings. The lowest BCUT2D eigenvalue weighted by Gasteiger charge is -2.31. The van der Waals surface area contributed by atoms with Crippen molar-refractivity contribution in [3.8, 4) is 0 Å². The van der Waals surface area contributed by atoms with Crippen molar-refractivity contribution in [2.24, 2.45) is 5.73 Å². The first-order chi connectivity index (χ1) is 4.91. The maximum atomic E-state index is 12.9. The van der Waals surface area contributed by atoms with Crippen LogP contribution < -0.4 is 5.73 Å². The zero-order valence-electron chi connectivity index (χ0n) is 7.47. The van der Waals surface area contributed by atoms with Gasteiger partial charge in [0.1, 0.15) is 6.17 Å². The molecule has 1 aliphatic heterocycles. The number of hydrogen-bond acceptors (Lipinski definition) is 2. The van der Waals surface area contributed by atoms with Gasteiger partial charge in [0.2, 0.25) is 0 Å². The highest BCUT2D eigenvalue weighted by Crippen LogP contribution is 2.21. The van der Waals surface area contributed by atoms with Gasteiger partial charge in [-0.05, 0) is 20.8 Å². The van der Waals surface area contributed by atoms with Crippen molar-refractivity contribution in [3.05, 3.63) is 0 Å². The zero-order valence-corrected chi connectivity index (χ0v) is 7.47. The lowest BCUT2D eigenvalue weighted by atomic mass is 10.1. The first-order valence-corrected chi connectivity index (χ1v) is 4.06. The lowest BCUT2D eigenvalue weighted by Crippen LogP contribution is -2.40. The van der Waals surface area contributed by atoms with Gasteiger partial charge in [0.25, 0.3) is 0 Å². The molecule has 0 bridgehead atoms. The molecular weight excluding hydrogens is 143 g/mol. The average molecular weight is 160 g/mol. The molecule has 0 unspecified atom stereocenters. The van der Waals surface area contributed by atoms with Crippen molar-refractivity contribution in [1.29, 1.82) is 0 Å². The second kappa shape index (κ2) is 2.72. The first-order valence-electron chi connectivity index (χ1n) is 4.06. The highest BCUT2D eigenvalue weighted by atomic mass is 19.1. The van der Waals surface area contributed by atoms with Gasteiger partial charge in [0, 0.05) is 24.7 Å². The van der Waals surface area contributed by atoms with E-state index < -0.39 is 6.17 Å². The molecule has 0 aromatic heterocycles. The Kier molecular flexibility index (Phi) is 2.21. The standard InChI is InChI=1S/C8H17FN2/c1-8(2,3)11-4-6(9)7(10)5-11/h6-7H,4-5,10H2,1-3H3/t6-,7+/m1/s1. The smallest absolute Gasteiger partial charge is 0.129 e. The molecule has 1 rings (SSSR count). The van der Waals surface area contributed by atoms with Gasteiger partial charge in [0.05, 0.1) is 0 Å². The van der Waals surface area contributed by atoms with Crippen LogP contribution in [0.25, 0.3) is 0 Å². The highest BCUT2D eigenvalue weighted by molar-refractivity contribution is 4.92. The predicted molar refractivity (Wildman–Crippen MR) is 44.2 cm³/mol. The van der Waals surface area contributed by atoms with Crippen LogP contribution in [0.1, 0.15) is 20.8 Å². The summed E-state index contributed by atoms with van der Waals surface area (Å²) in [5, 5.41) is 0. The number of hydrogen-bond donors (Lipinski definition) is 1. The average Bonchev–Trinajstić information content (AvgIpc) is 2.11. The third kappa shape index (κ3) is 1.91. The van der Waals surface area contributed by atoms with E-state index >= 15 is 0 Å². The molecule has 0 aliphatic carbocycles. The van der Waals surface area contributed by atoms with E-state index in [4.69, 9.17) is 5.73 Å². The van der Waals surface area contributed by atoms with Gasteiger partial charge in [0.15, 0.2) is 0 Å². The predicted octanol–water partition coefficient (Wildman–Crippen LogP) is 0.766. The molecule has 0 radical (unpaired) electrons. The zero-order chi connectivity index (χ0) is 8.65. The fraction of sp³-hybridized carbons (Fsp3) is 1.00. The molecular formula is C8H17FN2. The Hall–Kier alpha value is -0.150. The topological polar surface area (TPSA) is 29.3 Å². The fourth-order valence-corrected chi connectivity index (χ4v) is 1.34. The number of alkyl halides is 1. The van der Waals surface area contributed by atoms with Crippen molar-refractivity contribution in [3.63, 3.8) is 0 Å². The number of nitrogens with two attached hydrogens (primary N) is 1. The number of nitrogens with zero attached hydrogens (tertiary/aromatic N) is 1. The normalized spacial score (nSPS) is 34.6. The van der Waals surface area contributed by atoms with Crippen molar-refractivity contribution in [2.45, 2.75) is 38.5 Å². The molecule has 0 spiro atoms. The summed E-state index contributed by atoms with van der Waals surface area (Å²) in [6.45, 7) is 7.42. The van der Waals surface area contributed by atoms with Gasteiger partial charge in [-0.25, -0.2) is 4.39 Å². The van der Waals surface area contributed by atoms with Crippen LogP contribution in [0.5, 0.6) is 0 Å². The van der Waals surface area contributed by atoms with Crippen LogP contribution in [0.15, 0.2) is 0 Å². The summed E-state index contributed by atoms with van der Waals surface area (Å²) < 4.78 is 12.9. The summed E-state index contributed by atoms with van der Waals surface area (Å²) in [7, 11) is 0. The summed E-state index contributed by atoms with van der Waals surface area (Å²) in [5.74, 6) is 0. The Balaban J connectivity index is 2.54. The molecule has 11 heavy (non-hydrogen) atoms. The van der Waals surface area contributed by atoms with E-state index in [0.29, 0.717) is 13.1 Å². The summed E-state index contributed by atoms with van der Waals surface area (Å²) in [5.41, 5.74) is 5.60. The number of halogens is 1. The molecule has 0 saturated carbocycles. The minimum Gasteiger partial charge on any atom is -0.324 e. The van der Waals surface area contributed by atoms with Gasteiger partial charge >= 0.3 is 0 Å². The first kappa shape index (κ1) is 8.94. The third-order valence-corrected chi connectivity index (χ3v) is 2.24. The number of rotatable bonds is 0. The Bertz CT molecular complexity index is 132. The van der Waals surface area contributed by atoms with E-state index in [-0.39, 0.29) is 11.6 Å². The van der Waals surface area contributed by atoms with Crippen LogP contribution in [-0.4, -0.2) is 35.7 Å². The molecule has 3 heteroatoms. The van der Waals surface area contributed by atoms with Crippen molar-refractivity contribution >= 4 is 0 Å². The quantitative estimate of drug-likeness (QED) is 0.567. The Labute approximate surface area is 67.6 Å². The van der Waals surface area contributed by atoms with E-state index in [9.17, 15) is 4.39 Å². The summed E-state index contributed by atoms with van der Waals surface area (Å²) in [4.78, 5) is 2.09. The van der Waals surface area contributed by atoms with Gasteiger partial charge in [-0.3, -0.25) is 4.90 Å². The van der Waals surface area contributed by atoms with Gasteiger partial charge < -0.3 is 5.73 Å². The SMILES string of the molecule is CC(C)(C)N1C[C@@H](F)[C@@H](N)C1. The second-order valence-corrected chi connectivity index (χ2v) is 4.26. The highest BCUT2D eigenvalue weighted by Gasteiger charge is 2.35. The molecule has 0 aromatic carbocycles. The van der Waals surface area contributed by atoms with Crippen molar-refractivity contribution in [1.82, 2.24) is 4.90 Å². The summed E-state index contributed by atoms with van der Waals surface area (Å²) >= 11 is 0. The van der Waals surface area contributed by atoms with E-state index in [1.165, 1.54) is 0 Å². The van der Waals surface area contributed by atoms with Crippen LogP contribution in [0.2, 0.25) is 0 Å². The molecule has 0 amide bonds. The van der Waals surface area contributed by atoms with Crippen LogP contribution >= 0.6 is 0 Å². The number of likely N-dealkylation sites (tertiary alicyclic amines) is 1. The Morgan fingerprint density at radius 3 is 2.09 bits per heavy atom. The lowest BCUT2D eigenvalue weighted by molar-refractivity contribution is 0.161. The van der Waals surface area contributed by atoms with Gasteiger partial charge in [-0.1, -0.05) is 0 Å². The van der Waals surface area contributed by atoms with E-state index in [1.807, 2.05) is 0 Å². The molecule has 1 saturated heterocycles. The molecule has 2 atom stereocenters. The summed E-state index contributed by atoms with van der Waals surface area (Å²) in [6.07, 6.45) is -0.839. The molecule has 66 valence electrons. The van der Waals surface area contributed by atoms with Crippen LogP contribution in [0.4, 0.5) is 4.39 Å². The summed E-state index contributed by atoms with van der Waals surface area (Å²) in [6, 6.07) is -0.283. The second-order valence-electron chi connectivity index (χ2n) is 4.26. The van der Waals surface area contributed by atoms with E-state index in [2.05, 4.69) is 25.7 Å². The van der Waals surface area contributed by atoms with Crippen LogP contribution in [-0.2, 0) is 0 Å². The third-order valence-electron chi connectivity index (χ3n) is 2.24.